The van der Waals surface area contributed by atoms with Crippen molar-refractivity contribution in [2.45, 2.75) is 25.7 Å². The Balaban J connectivity index is 2.16. The minimum absolute atomic E-state index is 0.576. The molecule has 1 aromatic heterocycles. The maximum Gasteiger partial charge on any atom is 0.135 e. The molecule has 0 bridgehead atoms. The number of aromatic nitrogens is 2. The van der Waals surface area contributed by atoms with Gasteiger partial charge in [-0.15, -0.1) is 0 Å². The molecule has 2 rings (SSSR count). The summed E-state index contributed by atoms with van der Waals surface area (Å²) < 4.78 is 5.99. The molecule has 1 aromatic rings. The highest BCUT2D eigenvalue weighted by atomic mass is 79.9. The van der Waals surface area contributed by atoms with Crippen LogP contribution in [0.3, 0.4) is 0 Å². The zero-order valence-electron chi connectivity index (χ0n) is 10.3. The Kier molecular flexibility index (Phi) is 4.34. The third-order valence-electron chi connectivity index (χ3n) is 2.91. The van der Waals surface area contributed by atoms with E-state index in [0.717, 1.165) is 29.3 Å². The maximum atomic E-state index is 5.12. The highest BCUT2D eigenvalue weighted by Gasteiger charge is 2.27. The number of likely N-dealkylation sites (N-methyl/N-ethyl adjacent to an activating group) is 1. The van der Waals surface area contributed by atoms with E-state index < -0.39 is 0 Å². The fourth-order valence-electron chi connectivity index (χ4n) is 1.75. The molecule has 1 saturated carbocycles. The van der Waals surface area contributed by atoms with Gasteiger partial charge in [0, 0.05) is 32.2 Å². The third-order valence-corrected chi connectivity index (χ3v) is 3.32. The zero-order valence-corrected chi connectivity index (χ0v) is 11.9. The molecule has 0 aromatic carbocycles. The Labute approximate surface area is 111 Å². The molecular formula is C12H18BrN3O. The van der Waals surface area contributed by atoms with Gasteiger partial charge in [-0.1, -0.05) is 0 Å². The van der Waals surface area contributed by atoms with E-state index in [2.05, 4.69) is 37.7 Å². The molecule has 94 valence electrons. The van der Waals surface area contributed by atoms with Crippen LogP contribution < -0.4 is 4.90 Å². The van der Waals surface area contributed by atoms with Gasteiger partial charge in [0.2, 0.25) is 0 Å². The summed E-state index contributed by atoms with van der Waals surface area (Å²) in [5.41, 5.74) is 0. The first-order valence-corrected chi connectivity index (χ1v) is 6.82. The van der Waals surface area contributed by atoms with Crippen LogP contribution in [0.2, 0.25) is 0 Å². The summed E-state index contributed by atoms with van der Waals surface area (Å²) in [6, 6.07) is 1.98. The normalized spacial score (nSPS) is 15.0. The van der Waals surface area contributed by atoms with Gasteiger partial charge in [-0.2, -0.15) is 0 Å². The Morgan fingerprint density at radius 3 is 2.82 bits per heavy atom. The molecule has 0 N–H and O–H groups in total. The maximum absolute atomic E-state index is 5.12. The summed E-state index contributed by atoms with van der Waals surface area (Å²) in [6.07, 6.45) is 2.44. The van der Waals surface area contributed by atoms with E-state index in [9.17, 15) is 0 Å². The number of rotatable bonds is 6. The van der Waals surface area contributed by atoms with Crippen LogP contribution in [0.1, 0.15) is 31.5 Å². The Morgan fingerprint density at radius 2 is 2.24 bits per heavy atom. The lowest BCUT2D eigenvalue weighted by Crippen LogP contribution is -2.28. The molecule has 1 aliphatic carbocycles. The molecule has 0 spiro atoms. The minimum atomic E-state index is 0.576. The first-order valence-electron chi connectivity index (χ1n) is 6.03. The van der Waals surface area contributed by atoms with Crippen molar-refractivity contribution in [2.24, 2.45) is 0 Å². The molecule has 0 radical (unpaired) electrons. The van der Waals surface area contributed by atoms with Crippen LogP contribution in [0, 0.1) is 0 Å². The second kappa shape index (κ2) is 5.78. The standard InChI is InChI=1S/C12H18BrN3O/c1-3-16(6-7-17-2)11-8-10(13)14-12(15-11)9-4-5-9/h8-9H,3-7H2,1-2H3. The molecule has 0 unspecified atom stereocenters. The number of nitrogens with zero attached hydrogens (tertiary/aromatic N) is 3. The van der Waals surface area contributed by atoms with Gasteiger partial charge in [0.25, 0.3) is 0 Å². The van der Waals surface area contributed by atoms with Crippen molar-refractivity contribution in [3.05, 3.63) is 16.5 Å². The van der Waals surface area contributed by atoms with Crippen molar-refractivity contribution in [1.29, 1.82) is 0 Å². The summed E-state index contributed by atoms with van der Waals surface area (Å²) in [6.45, 7) is 4.63. The van der Waals surface area contributed by atoms with Gasteiger partial charge < -0.3 is 9.64 Å². The average Bonchev–Trinajstić information content (AvgIpc) is 3.13. The van der Waals surface area contributed by atoms with Crippen molar-refractivity contribution in [3.8, 4) is 0 Å². The molecule has 1 heterocycles. The molecule has 4 nitrogen and oxygen atoms in total. The van der Waals surface area contributed by atoms with Crippen LogP contribution in [0.4, 0.5) is 5.82 Å². The van der Waals surface area contributed by atoms with Gasteiger partial charge >= 0.3 is 0 Å². The summed E-state index contributed by atoms with van der Waals surface area (Å²) in [5, 5.41) is 0. The molecule has 0 saturated heterocycles. The number of halogens is 1. The van der Waals surface area contributed by atoms with Crippen LogP contribution in [0.25, 0.3) is 0 Å². The predicted molar refractivity (Wildman–Crippen MR) is 71.5 cm³/mol. The van der Waals surface area contributed by atoms with E-state index in [1.165, 1.54) is 12.8 Å². The molecule has 0 aliphatic heterocycles. The Morgan fingerprint density at radius 1 is 1.47 bits per heavy atom. The van der Waals surface area contributed by atoms with Gasteiger partial charge in [-0.05, 0) is 35.7 Å². The van der Waals surface area contributed by atoms with Crippen molar-refractivity contribution in [1.82, 2.24) is 9.97 Å². The molecule has 17 heavy (non-hydrogen) atoms. The number of methoxy groups -OCH3 is 1. The lowest BCUT2D eigenvalue weighted by atomic mass is 10.3. The molecule has 1 fully saturated rings. The minimum Gasteiger partial charge on any atom is -0.383 e. The molecule has 0 amide bonds. The van der Waals surface area contributed by atoms with Gasteiger partial charge in [-0.3, -0.25) is 0 Å². The summed E-state index contributed by atoms with van der Waals surface area (Å²) in [4.78, 5) is 11.3. The number of hydrogen-bond acceptors (Lipinski definition) is 4. The highest BCUT2D eigenvalue weighted by Crippen LogP contribution is 2.39. The average molecular weight is 300 g/mol. The fourth-order valence-corrected chi connectivity index (χ4v) is 2.13. The zero-order chi connectivity index (χ0) is 12.3. The monoisotopic (exact) mass is 299 g/mol. The van der Waals surface area contributed by atoms with Crippen LogP contribution in [0.15, 0.2) is 10.7 Å². The number of ether oxygens (including phenoxy) is 1. The van der Waals surface area contributed by atoms with E-state index in [4.69, 9.17) is 4.74 Å². The van der Waals surface area contributed by atoms with E-state index in [1.54, 1.807) is 7.11 Å². The van der Waals surface area contributed by atoms with Gasteiger partial charge in [0.15, 0.2) is 0 Å². The first kappa shape index (κ1) is 12.8. The smallest absolute Gasteiger partial charge is 0.135 e. The lowest BCUT2D eigenvalue weighted by Gasteiger charge is -2.22. The molecule has 5 heteroatoms. The largest absolute Gasteiger partial charge is 0.383 e. The van der Waals surface area contributed by atoms with Crippen LogP contribution in [0.5, 0.6) is 0 Å². The van der Waals surface area contributed by atoms with Crippen LogP contribution >= 0.6 is 15.9 Å². The summed E-state index contributed by atoms with van der Waals surface area (Å²) >= 11 is 3.47. The van der Waals surface area contributed by atoms with Crippen LogP contribution in [-0.2, 0) is 4.74 Å². The van der Waals surface area contributed by atoms with Crippen molar-refractivity contribution in [3.63, 3.8) is 0 Å². The van der Waals surface area contributed by atoms with E-state index in [1.807, 2.05) is 6.07 Å². The second-order valence-electron chi connectivity index (χ2n) is 4.25. The van der Waals surface area contributed by atoms with Gasteiger partial charge in [0.1, 0.15) is 16.2 Å². The SMILES string of the molecule is CCN(CCOC)c1cc(Br)nc(C2CC2)n1. The Hall–Kier alpha value is -0.680. The second-order valence-corrected chi connectivity index (χ2v) is 5.07. The molecular weight excluding hydrogens is 282 g/mol. The van der Waals surface area contributed by atoms with Crippen molar-refractivity contribution < 1.29 is 4.74 Å². The van der Waals surface area contributed by atoms with E-state index in [-0.39, 0.29) is 0 Å². The van der Waals surface area contributed by atoms with Crippen molar-refractivity contribution >= 4 is 21.7 Å². The number of anilines is 1. The van der Waals surface area contributed by atoms with E-state index >= 15 is 0 Å². The fraction of sp³-hybridized carbons (Fsp3) is 0.667. The Bertz CT molecular complexity index is 382. The summed E-state index contributed by atoms with van der Waals surface area (Å²) in [7, 11) is 1.72. The number of hydrogen-bond donors (Lipinski definition) is 0. The van der Waals surface area contributed by atoms with Crippen molar-refractivity contribution in [2.75, 3.05) is 31.7 Å². The van der Waals surface area contributed by atoms with Gasteiger partial charge in [-0.25, -0.2) is 9.97 Å². The van der Waals surface area contributed by atoms with Crippen LogP contribution in [-0.4, -0.2) is 36.8 Å². The highest BCUT2D eigenvalue weighted by molar-refractivity contribution is 9.10. The first-order chi connectivity index (χ1) is 8.24. The predicted octanol–water partition coefficient (Wildman–Crippen LogP) is 2.59. The topological polar surface area (TPSA) is 38.2 Å². The van der Waals surface area contributed by atoms with E-state index in [0.29, 0.717) is 12.5 Å². The molecule has 1 aliphatic rings. The molecule has 0 atom stereocenters. The summed E-state index contributed by atoms with van der Waals surface area (Å²) in [5.74, 6) is 2.55. The third kappa shape index (κ3) is 3.39. The quantitative estimate of drug-likeness (QED) is 0.757. The van der Waals surface area contributed by atoms with Gasteiger partial charge in [0.05, 0.1) is 6.61 Å². The lowest BCUT2D eigenvalue weighted by molar-refractivity contribution is 0.205.